The Balaban J connectivity index is 1.71. The number of rotatable bonds is 6. The molecule has 136 valence electrons. The lowest BCUT2D eigenvalue weighted by atomic mass is 10.2. The fraction of sp³-hybridized carbons (Fsp3) is 0.733. The van der Waals surface area contributed by atoms with E-state index in [0.29, 0.717) is 37.9 Å². The maximum atomic E-state index is 12.4. The molecule has 1 aromatic heterocycles. The van der Waals surface area contributed by atoms with E-state index in [0.717, 1.165) is 6.54 Å². The highest BCUT2D eigenvalue weighted by Gasteiger charge is 2.34. The van der Waals surface area contributed by atoms with E-state index in [9.17, 15) is 13.2 Å². The quantitative estimate of drug-likeness (QED) is 0.603. The number of alkyl halides is 3. The number of hydrogen-bond acceptors (Lipinski definition) is 3. The van der Waals surface area contributed by atoms with Gasteiger partial charge in [-0.2, -0.15) is 18.3 Å². The molecule has 2 rings (SSSR count). The number of guanidine groups is 1. The molecule has 0 aliphatic carbocycles. The number of nitrogens with zero attached hydrogens (tertiary/aromatic N) is 4. The lowest BCUT2D eigenvalue weighted by Gasteiger charge is -2.21. The number of nitrogens with one attached hydrogen (secondary N) is 2. The second-order valence-electron chi connectivity index (χ2n) is 6.27. The van der Waals surface area contributed by atoms with Gasteiger partial charge in [0.2, 0.25) is 0 Å². The number of aromatic nitrogens is 2. The second-order valence-corrected chi connectivity index (χ2v) is 6.27. The van der Waals surface area contributed by atoms with Crippen LogP contribution in [-0.2, 0) is 6.54 Å². The van der Waals surface area contributed by atoms with Crippen molar-refractivity contribution in [2.75, 3.05) is 33.2 Å². The molecule has 2 atom stereocenters. The van der Waals surface area contributed by atoms with E-state index in [1.165, 1.54) is 4.90 Å². The summed E-state index contributed by atoms with van der Waals surface area (Å²) in [6.07, 6.45) is 0.196. The van der Waals surface area contributed by atoms with Gasteiger partial charge in [0.1, 0.15) is 0 Å². The molecule has 24 heavy (non-hydrogen) atoms. The fourth-order valence-corrected chi connectivity index (χ4v) is 2.80. The van der Waals surface area contributed by atoms with Crippen LogP contribution in [0, 0.1) is 5.92 Å². The lowest BCUT2D eigenvalue weighted by molar-refractivity contribution is -0.143. The van der Waals surface area contributed by atoms with Gasteiger partial charge in [-0.15, -0.1) is 0 Å². The highest BCUT2D eigenvalue weighted by Crippen LogP contribution is 2.19. The van der Waals surface area contributed by atoms with Crippen LogP contribution in [0.3, 0.4) is 0 Å². The van der Waals surface area contributed by atoms with E-state index in [-0.39, 0.29) is 6.04 Å². The van der Waals surface area contributed by atoms with Gasteiger partial charge < -0.3 is 10.6 Å². The zero-order valence-electron chi connectivity index (χ0n) is 14.1. The summed E-state index contributed by atoms with van der Waals surface area (Å²) in [6.45, 7) is 3.58. The molecule has 0 saturated carbocycles. The Morgan fingerprint density at radius 1 is 1.46 bits per heavy atom. The maximum Gasteiger partial charge on any atom is 0.401 e. The largest absolute Gasteiger partial charge is 0.401 e. The predicted octanol–water partition coefficient (Wildman–Crippen LogP) is 1.32. The van der Waals surface area contributed by atoms with Crippen molar-refractivity contribution < 1.29 is 13.2 Å². The lowest BCUT2D eigenvalue weighted by Crippen LogP contribution is -2.46. The third-order valence-electron chi connectivity index (χ3n) is 3.92. The first-order chi connectivity index (χ1) is 11.4. The van der Waals surface area contributed by atoms with E-state index >= 15 is 0 Å². The number of hydrogen-bond donors (Lipinski definition) is 2. The van der Waals surface area contributed by atoms with Crippen molar-refractivity contribution in [3.63, 3.8) is 0 Å². The Bertz CT molecular complexity index is 514. The van der Waals surface area contributed by atoms with Gasteiger partial charge in [0.25, 0.3) is 0 Å². The summed E-state index contributed by atoms with van der Waals surface area (Å²) in [6, 6.07) is 1.87. The van der Waals surface area contributed by atoms with Crippen LogP contribution in [-0.4, -0.2) is 66.1 Å². The van der Waals surface area contributed by atoms with Gasteiger partial charge in [-0.1, -0.05) is 6.92 Å². The Morgan fingerprint density at radius 3 is 2.88 bits per heavy atom. The molecule has 0 spiro atoms. The van der Waals surface area contributed by atoms with E-state index in [1.807, 2.05) is 16.9 Å². The number of halogens is 3. The van der Waals surface area contributed by atoms with Crippen molar-refractivity contribution in [3.8, 4) is 0 Å². The van der Waals surface area contributed by atoms with Gasteiger partial charge in [0, 0.05) is 51.7 Å². The van der Waals surface area contributed by atoms with Crippen LogP contribution in [0.2, 0.25) is 0 Å². The van der Waals surface area contributed by atoms with Gasteiger partial charge in [-0.25, -0.2) is 0 Å². The van der Waals surface area contributed by atoms with Crippen molar-refractivity contribution in [1.29, 1.82) is 0 Å². The van der Waals surface area contributed by atoms with Crippen molar-refractivity contribution in [1.82, 2.24) is 25.3 Å². The molecule has 9 heteroatoms. The van der Waals surface area contributed by atoms with E-state index in [4.69, 9.17) is 0 Å². The molecule has 2 heterocycles. The van der Waals surface area contributed by atoms with Crippen LogP contribution in [0.1, 0.15) is 13.3 Å². The molecule has 0 amide bonds. The Kier molecular flexibility index (Phi) is 6.47. The van der Waals surface area contributed by atoms with Crippen LogP contribution < -0.4 is 10.6 Å². The average molecular weight is 346 g/mol. The van der Waals surface area contributed by atoms with Gasteiger partial charge >= 0.3 is 6.18 Å². The minimum Gasteiger partial charge on any atom is -0.356 e. The second kappa shape index (κ2) is 8.36. The van der Waals surface area contributed by atoms with Gasteiger partial charge in [0.15, 0.2) is 5.96 Å². The predicted molar refractivity (Wildman–Crippen MR) is 86.8 cm³/mol. The van der Waals surface area contributed by atoms with Crippen molar-refractivity contribution in [3.05, 3.63) is 18.5 Å². The van der Waals surface area contributed by atoms with Crippen molar-refractivity contribution >= 4 is 5.96 Å². The molecule has 1 aromatic rings. The van der Waals surface area contributed by atoms with Gasteiger partial charge in [-0.05, 0) is 18.4 Å². The summed E-state index contributed by atoms with van der Waals surface area (Å²) in [7, 11) is 1.66. The topological polar surface area (TPSA) is 57.5 Å². The Labute approximate surface area is 140 Å². The molecule has 2 unspecified atom stereocenters. The number of aliphatic imine (C=N–C) groups is 1. The first-order valence-electron chi connectivity index (χ1n) is 8.09. The Hall–Kier alpha value is -1.77. The smallest absolute Gasteiger partial charge is 0.356 e. The molecule has 6 nitrogen and oxygen atoms in total. The molecular weight excluding hydrogens is 321 g/mol. The minimum atomic E-state index is -4.14. The SMILES string of the molecule is CN=C(NCC(C)Cn1cccn1)NC1CCN(CC(F)(F)F)C1. The molecule has 0 bridgehead atoms. The average Bonchev–Trinajstić information content (AvgIpc) is 3.13. The Morgan fingerprint density at radius 2 is 2.25 bits per heavy atom. The summed E-state index contributed by atoms with van der Waals surface area (Å²) < 4.78 is 39.1. The highest BCUT2D eigenvalue weighted by atomic mass is 19.4. The van der Waals surface area contributed by atoms with E-state index in [1.54, 1.807) is 13.2 Å². The normalized spacial score (nSPS) is 21.0. The number of likely N-dealkylation sites (tertiary alicyclic amines) is 1. The molecule has 1 fully saturated rings. The van der Waals surface area contributed by atoms with Crippen LogP contribution in [0.5, 0.6) is 0 Å². The zero-order chi connectivity index (χ0) is 17.6. The summed E-state index contributed by atoms with van der Waals surface area (Å²) >= 11 is 0. The molecule has 0 aromatic carbocycles. The maximum absolute atomic E-state index is 12.4. The van der Waals surface area contributed by atoms with Crippen LogP contribution in [0.4, 0.5) is 13.2 Å². The van der Waals surface area contributed by atoms with Gasteiger partial charge in [-0.3, -0.25) is 14.6 Å². The third kappa shape index (κ3) is 6.38. The third-order valence-corrected chi connectivity index (χ3v) is 3.92. The summed E-state index contributed by atoms with van der Waals surface area (Å²) in [5, 5.41) is 10.6. The summed E-state index contributed by atoms with van der Waals surface area (Å²) in [4.78, 5) is 5.57. The first-order valence-corrected chi connectivity index (χ1v) is 8.09. The minimum absolute atomic E-state index is 0.0139. The van der Waals surface area contributed by atoms with E-state index < -0.39 is 12.7 Å². The van der Waals surface area contributed by atoms with Crippen LogP contribution in [0.15, 0.2) is 23.5 Å². The van der Waals surface area contributed by atoms with Crippen molar-refractivity contribution in [2.45, 2.75) is 32.1 Å². The molecular formula is C15H25F3N6. The highest BCUT2D eigenvalue weighted by molar-refractivity contribution is 5.80. The van der Waals surface area contributed by atoms with Crippen molar-refractivity contribution in [2.24, 2.45) is 10.9 Å². The molecule has 1 aliphatic heterocycles. The molecule has 2 N–H and O–H groups in total. The molecule has 1 aliphatic rings. The summed E-state index contributed by atoms with van der Waals surface area (Å²) in [5.41, 5.74) is 0. The van der Waals surface area contributed by atoms with Gasteiger partial charge in [0.05, 0.1) is 6.54 Å². The van der Waals surface area contributed by atoms with Crippen LogP contribution >= 0.6 is 0 Å². The molecule has 0 radical (unpaired) electrons. The van der Waals surface area contributed by atoms with Crippen LogP contribution in [0.25, 0.3) is 0 Å². The zero-order valence-corrected chi connectivity index (χ0v) is 14.1. The fourth-order valence-electron chi connectivity index (χ4n) is 2.80. The molecule has 1 saturated heterocycles. The first kappa shape index (κ1) is 18.6. The standard InChI is InChI=1S/C15H25F3N6/c1-12(9-24-6-3-5-21-24)8-20-14(19-2)22-13-4-7-23(10-13)11-15(16,17)18/h3,5-6,12-13H,4,7-11H2,1-2H3,(H2,19,20,22). The summed E-state index contributed by atoms with van der Waals surface area (Å²) in [5.74, 6) is 0.968. The van der Waals surface area contributed by atoms with E-state index in [2.05, 4.69) is 27.6 Å². The monoisotopic (exact) mass is 346 g/mol.